The molecule has 1 aliphatic rings. The van der Waals surface area contributed by atoms with Gasteiger partial charge in [-0.25, -0.2) is 0 Å². The van der Waals surface area contributed by atoms with E-state index in [0.717, 1.165) is 25.7 Å². The van der Waals surface area contributed by atoms with E-state index in [4.69, 9.17) is 0 Å². The first-order chi connectivity index (χ1) is 4.39. The third kappa shape index (κ3) is 3.83. The predicted molar refractivity (Wildman–Crippen MR) is 48.7 cm³/mol. The van der Waals surface area contributed by atoms with E-state index in [9.17, 15) is 4.79 Å². The van der Waals surface area contributed by atoms with Crippen molar-refractivity contribution in [1.82, 2.24) is 0 Å². The number of carbonyl (C=O) groups is 1. The zero-order valence-corrected chi connectivity index (χ0v) is 5.86. The molecule has 0 heterocycles. The fourth-order valence-corrected chi connectivity index (χ4v) is 1.30. The molecule has 1 nitrogen and oxygen atoms in total. The number of hydrogen-bond acceptors (Lipinski definition) is 1. The topological polar surface area (TPSA) is 17.1 Å². The molecule has 0 aromatic heterocycles. The van der Waals surface area contributed by atoms with Gasteiger partial charge < -0.3 is 0 Å². The van der Waals surface area contributed by atoms with E-state index in [2.05, 4.69) is 0 Å². The zero-order chi connectivity index (χ0) is 6.53. The van der Waals surface area contributed by atoms with Crippen LogP contribution >= 0.6 is 0 Å². The lowest BCUT2D eigenvalue weighted by Crippen LogP contribution is -2.00. The molecule has 0 spiro atoms. The second-order valence-electron chi connectivity index (χ2n) is 2.81. The first-order valence-electron chi connectivity index (χ1n) is 3.91. The van der Waals surface area contributed by atoms with Crippen molar-refractivity contribution in [3.63, 3.8) is 0 Å². The van der Waals surface area contributed by atoms with Crippen molar-refractivity contribution in [2.75, 3.05) is 0 Å². The summed E-state index contributed by atoms with van der Waals surface area (Å²) >= 11 is 0. The quantitative estimate of drug-likeness (QED) is 0.446. The van der Waals surface area contributed by atoms with Crippen molar-refractivity contribution < 1.29 is 4.79 Å². The Labute approximate surface area is 67.2 Å². The van der Waals surface area contributed by atoms with Crippen LogP contribution in [0, 0.1) is 0 Å². The Morgan fingerprint density at radius 1 is 0.800 bits per heavy atom. The van der Waals surface area contributed by atoms with Crippen molar-refractivity contribution in [3.8, 4) is 0 Å². The highest BCUT2D eigenvalue weighted by atomic mass is 16.1. The third-order valence-electron chi connectivity index (χ3n) is 1.91. The summed E-state index contributed by atoms with van der Waals surface area (Å²) in [6.07, 6.45) is 7.85. The van der Waals surface area contributed by atoms with Gasteiger partial charge in [0.05, 0.1) is 0 Å². The van der Waals surface area contributed by atoms with Crippen LogP contribution in [0.3, 0.4) is 0 Å². The average molecular weight is 132 g/mol. The van der Waals surface area contributed by atoms with E-state index in [1.165, 1.54) is 19.3 Å². The molecule has 1 rings (SSSR count). The summed E-state index contributed by atoms with van der Waals surface area (Å²) in [7, 11) is 0. The van der Waals surface area contributed by atoms with Gasteiger partial charge in [-0.2, -0.15) is 0 Å². The van der Waals surface area contributed by atoms with E-state index in [-0.39, 0.29) is 11.0 Å². The largest absolute Gasteiger partial charge is 0.300 e. The first kappa shape index (κ1) is 9.89. The van der Waals surface area contributed by atoms with Crippen molar-refractivity contribution in [2.24, 2.45) is 0 Å². The molecular weight excluding hydrogens is 114 g/mol. The van der Waals surface area contributed by atoms with Gasteiger partial charge in [-0.15, -0.1) is 0 Å². The van der Waals surface area contributed by atoms with Crippen LogP contribution in [0.5, 0.6) is 0 Å². The molecule has 0 aromatic carbocycles. The smallest absolute Gasteiger partial charge is 0.132 e. The van der Waals surface area contributed by atoms with Gasteiger partial charge in [0, 0.05) is 12.8 Å². The van der Waals surface area contributed by atoms with Crippen LogP contribution < -0.4 is 0 Å². The summed E-state index contributed by atoms with van der Waals surface area (Å²) in [5.74, 6) is 0.481. The lowest BCUT2D eigenvalue weighted by Gasteiger charge is -2.05. The first-order valence-corrected chi connectivity index (χ1v) is 3.91. The second-order valence-corrected chi connectivity index (χ2v) is 2.81. The van der Waals surface area contributed by atoms with Gasteiger partial charge in [0.1, 0.15) is 5.78 Å². The monoisotopic (exact) mass is 132 g/mol. The van der Waals surface area contributed by atoms with Crippen LogP contribution in [0.15, 0.2) is 0 Å². The van der Waals surface area contributed by atoms with Crippen molar-refractivity contribution >= 4 is 16.7 Å². The fourth-order valence-electron chi connectivity index (χ4n) is 1.30. The van der Waals surface area contributed by atoms with Crippen LogP contribution in [-0.2, 0) is 4.79 Å². The summed E-state index contributed by atoms with van der Waals surface area (Å²) < 4.78 is 0. The number of carbonyl (C=O) groups excluding carboxylic acids is 1. The number of rotatable bonds is 0. The maximum atomic E-state index is 10.8. The van der Waals surface area contributed by atoms with Crippen LogP contribution in [0.25, 0.3) is 0 Å². The molecule has 1 saturated carbocycles. The van der Waals surface area contributed by atoms with Gasteiger partial charge in [0.15, 0.2) is 0 Å². The van der Waals surface area contributed by atoms with E-state index in [1.807, 2.05) is 0 Å². The Balaban J connectivity index is 0.000000810. The van der Waals surface area contributed by atoms with Gasteiger partial charge in [0.2, 0.25) is 0 Å². The summed E-state index contributed by atoms with van der Waals surface area (Å²) in [4.78, 5) is 10.8. The Hall–Kier alpha value is -0.113. The molecule has 0 radical (unpaired) electrons. The van der Waals surface area contributed by atoms with Crippen molar-refractivity contribution in [2.45, 2.75) is 44.9 Å². The Kier molecular flexibility index (Phi) is 5.59. The molecule has 0 bridgehead atoms. The lowest BCUT2D eigenvalue weighted by atomic mass is 2.00. The molecule has 0 aromatic rings. The summed E-state index contributed by atoms with van der Waals surface area (Å²) in [5, 5.41) is 0. The molecule has 1 aliphatic carbocycles. The predicted octanol–water partition coefficient (Wildman–Crippen LogP) is 0.848. The van der Waals surface area contributed by atoms with Gasteiger partial charge in [-0.05, 0) is 23.8 Å². The standard InChI is InChI=1S/C8H14O.H4Si/c9-8-6-4-2-1-3-5-7-8;/h1-7H2;1H4/i;1-26. The Morgan fingerprint density at radius 2 is 1.20 bits per heavy atom. The van der Waals surface area contributed by atoms with Gasteiger partial charge in [-0.1, -0.05) is 19.3 Å². The molecule has 60 valence electrons. The maximum Gasteiger partial charge on any atom is 0.132 e. The van der Waals surface area contributed by atoms with Crippen LogP contribution in [0.4, 0.5) is 0 Å². The third-order valence-corrected chi connectivity index (χ3v) is 1.91. The molecule has 10 heavy (non-hydrogen) atoms. The van der Waals surface area contributed by atoms with Crippen LogP contribution in [-0.4, -0.2) is 16.7 Å². The SMILES string of the molecule is O=C1CCCCCCC1.[2SiH4]. The summed E-state index contributed by atoms with van der Waals surface area (Å²) in [6.45, 7) is 0. The minimum absolute atomic E-state index is 0. The fraction of sp³-hybridized carbons (Fsp3) is 0.875. The minimum atomic E-state index is 0. The molecule has 1 fully saturated rings. The molecule has 0 unspecified atom stereocenters. The second kappa shape index (κ2) is 5.66. The molecular formula is C8H18OSi. The summed E-state index contributed by atoms with van der Waals surface area (Å²) in [5.41, 5.74) is 0. The van der Waals surface area contributed by atoms with Crippen LogP contribution in [0.1, 0.15) is 44.9 Å². The van der Waals surface area contributed by atoms with Crippen molar-refractivity contribution in [1.29, 1.82) is 0 Å². The highest BCUT2D eigenvalue weighted by Gasteiger charge is 2.04. The molecule has 0 atom stereocenters. The van der Waals surface area contributed by atoms with Gasteiger partial charge in [-0.3, -0.25) is 4.79 Å². The molecule has 0 aliphatic heterocycles. The van der Waals surface area contributed by atoms with Gasteiger partial charge >= 0.3 is 0 Å². The molecule has 0 saturated heterocycles. The van der Waals surface area contributed by atoms with Crippen molar-refractivity contribution in [3.05, 3.63) is 0 Å². The Morgan fingerprint density at radius 3 is 1.70 bits per heavy atom. The average Bonchev–Trinajstić information content (AvgIpc) is 1.79. The van der Waals surface area contributed by atoms with E-state index < -0.39 is 0 Å². The molecule has 0 N–H and O–H groups in total. The summed E-state index contributed by atoms with van der Waals surface area (Å²) in [6, 6.07) is 0. The number of Topliss-reactive ketones (excluding diaryl/α,β-unsaturated/α-hetero) is 1. The molecule has 2 heteroatoms. The number of hydrogen-bond donors (Lipinski definition) is 0. The Bertz CT molecular complexity index is 91.4. The van der Waals surface area contributed by atoms with E-state index in [0.29, 0.717) is 5.78 Å². The minimum Gasteiger partial charge on any atom is -0.300 e. The molecule has 0 amide bonds. The zero-order valence-electron chi connectivity index (χ0n) is 5.86. The highest BCUT2D eigenvalue weighted by molar-refractivity contribution is 5.78. The maximum absolute atomic E-state index is 10.8. The van der Waals surface area contributed by atoms with E-state index in [1.54, 1.807) is 0 Å². The van der Waals surface area contributed by atoms with E-state index >= 15 is 0 Å². The van der Waals surface area contributed by atoms with Crippen LogP contribution in [0.2, 0.25) is 0 Å². The lowest BCUT2D eigenvalue weighted by molar-refractivity contribution is -0.119. The highest BCUT2D eigenvalue weighted by Crippen LogP contribution is 2.13. The van der Waals surface area contributed by atoms with Gasteiger partial charge in [0.25, 0.3) is 0 Å². The normalized spacial score (nSPS) is 20.6. The number of ketones is 1.